The van der Waals surface area contributed by atoms with E-state index >= 15 is 0 Å². The van der Waals surface area contributed by atoms with Gasteiger partial charge in [0.05, 0.1) is 5.69 Å². The van der Waals surface area contributed by atoms with Crippen molar-refractivity contribution in [2.75, 3.05) is 13.1 Å². The van der Waals surface area contributed by atoms with Crippen molar-refractivity contribution in [3.05, 3.63) is 11.4 Å². The lowest BCUT2D eigenvalue weighted by Crippen LogP contribution is -2.31. The zero-order valence-corrected chi connectivity index (χ0v) is 12.7. The van der Waals surface area contributed by atoms with Gasteiger partial charge in [-0.1, -0.05) is 20.8 Å². The summed E-state index contributed by atoms with van der Waals surface area (Å²) in [4.78, 5) is 13.9. The highest BCUT2D eigenvalue weighted by Gasteiger charge is 2.34. The number of H-pyrrole nitrogens is 1. The number of carbonyl (C=O) groups excluding carboxylic acids is 1. The predicted octanol–water partition coefficient (Wildman–Crippen LogP) is 0.348. The number of hydrogen-bond acceptors (Lipinski definition) is 4. The Morgan fingerprint density at radius 1 is 1.40 bits per heavy atom. The summed E-state index contributed by atoms with van der Waals surface area (Å²) in [6.07, 6.45) is 0.416. The van der Waals surface area contributed by atoms with E-state index in [9.17, 15) is 13.2 Å². The van der Waals surface area contributed by atoms with Crippen LogP contribution in [0.25, 0.3) is 0 Å². The molecule has 1 fully saturated rings. The van der Waals surface area contributed by atoms with E-state index in [1.807, 2.05) is 0 Å². The number of sulfonamides is 1. The van der Waals surface area contributed by atoms with Crippen molar-refractivity contribution < 1.29 is 13.2 Å². The zero-order chi connectivity index (χ0) is 15.1. The molecule has 0 aliphatic carbocycles. The van der Waals surface area contributed by atoms with Crippen molar-refractivity contribution in [3.63, 3.8) is 0 Å². The molecule has 1 aliphatic heterocycles. The van der Waals surface area contributed by atoms with Crippen molar-refractivity contribution in [3.8, 4) is 0 Å². The molecular formula is C12H20N4O3S. The molecule has 1 amide bonds. The van der Waals surface area contributed by atoms with Gasteiger partial charge < -0.3 is 4.90 Å². The summed E-state index contributed by atoms with van der Waals surface area (Å²) in [5, 5.41) is 11.7. The molecule has 1 saturated heterocycles. The maximum Gasteiger partial charge on any atom is 0.275 e. The van der Waals surface area contributed by atoms with E-state index in [1.165, 1.54) is 0 Å². The van der Waals surface area contributed by atoms with Crippen molar-refractivity contribution in [1.82, 2.24) is 15.1 Å². The normalized spacial score (nSPS) is 23.3. The number of aryl methyl sites for hydroxylation is 1. The van der Waals surface area contributed by atoms with Crippen LogP contribution in [0, 0.1) is 11.8 Å². The van der Waals surface area contributed by atoms with Gasteiger partial charge in [-0.15, -0.1) is 0 Å². The smallest absolute Gasteiger partial charge is 0.275 e. The molecule has 1 aromatic rings. The molecule has 7 nitrogen and oxygen atoms in total. The number of likely N-dealkylation sites (tertiary alicyclic amines) is 1. The molecular weight excluding hydrogens is 280 g/mol. The van der Waals surface area contributed by atoms with Gasteiger partial charge >= 0.3 is 0 Å². The Morgan fingerprint density at radius 3 is 2.40 bits per heavy atom. The van der Waals surface area contributed by atoms with E-state index in [2.05, 4.69) is 24.0 Å². The largest absolute Gasteiger partial charge is 0.337 e. The van der Waals surface area contributed by atoms with Gasteiger partial charge in [0, 0.05) is 13.1 Å². The molecule has 0 spiro atoms. The Labute approximate surface area is 118 Å². The number of nitrogens with zero attached hydrogens (tertiary/aromatic N) is 2. The van der Waals surface area contributed by atoms with Crippen molar-refractivity contribution in [2.24, 2.45) is 17.0 Å². The standard InChI is InChI=1S/C12H20N4O3S/c1-4-9-11(20(13,18)19)10(15-14-9)12(17)16-5-7(2)8(3)6-16/h7-8H,4-6H2,1-3H3,(H,14,15)(H2,13,18,19). The van der Waals surface area contributed by atoms with Crippen LogP contribution in [0.2, 0.25) is 0 Å². The summed E-state index contributed by atoms with van der Waals surface area (Å²) in [6.45, 7) is 7.13. The van der Waals surface area contributed by atoms with Gasteiger partial charge in [-0.3, -0.25) is 9.89 Å². The van der Waals surface area contributed by atoms with Gasteiger partial charge in [-0.05, 0) is 18.3 Å². The summed E-state index contributed by atoms with van der Waals surface area (Å²) >= 11 is 0. The number of hydrogen-bond donors (Lipinski definition) is 2. The lowest BCUT2D eigenvalue weighted by atomic mass is 10.0. The van der Waals surface area contributed by atoms with E-state index in [0.29, 0.717) is 37.0 Å². The fourth-order valence-electron chi connectivity index (χ4n) is 2.50. The summed E-state index contributed by atoms with van der Waals surface area (Å²) in [5.41, 5.74) is 0.279. The second-order valence-corrected chi connectivity index (χ2v) is 6.94. The van der Waals surface area contributed by atoms with Crippen LogP contribution in [0.15, 0.2) is 4.90 Å². The number of rotatable bonds is 3. The molecule has 112 valence electrons. The SMILES string of the molecule is CCc1[nH]nc(C(=O)N2CC(C)C(C)C2)c1S(N)(=O)=O. The summed E-state index contributed by atoms with van der Waals surface area (Å²) in [6, 6.07) is 0. The Balaban J connectivity index is 2.39. The molecule has 1 aliphatic rings. The zero-order valence-electron chi connectivity index (χ0n) is 11.9. The van der Waals surface area contributed by atoms with E-state index in [0.717, 1.165) is 0 Å². The Bertz CT molecular complexity index is 613. The molecule has 2 unspecified atom stereocenters. The van der Waals surface area contributed by atoms with Crippen LogP contribution in [0.3, 0.4) is 0 Å². The van der Waals surface area contributed by atoms with Crippen LogP contribution < -0.4 is 5.14 Å². The first kappa shape index (κ1) is 15.0. The molecule has 0 radical (unpaired) electrons. The van der Waals surface area contributed by atoms with Gasteiger partial charge in [0.15, 0.2) is 5.69 Å². The fraction of sp³-hybridized carbons (Fsp3) is 0.667. The first-order chi connectivity index (χ1) is 9.25. The average molecular weight is 300 g/mol. The monoisotopic (exact) mass is 300 g/mol. The number of nitrogens with one attached hydrogen (secondary N) is 1. The second kappa shape index (κ2) is 5.17. The Morgan fingerprint density at radius 2 is 1.95 bits per heavy atom. The van der Waals surface area contributed by atoms with Crippen molar-refractivity contribution in [1.29, 1.82) is 0 Å². The third kappa shape index (κ3) is 2.57. The number of aromatic amines is 1. The minimum absolute atomic E-state index is 0.0920. The van der Waals surface area contributed by atoms with Crippen LogP contribution in [0.4, 0.5) is 0 Å². The van der Waals surface area contributed by atoms with E-state index in [-0.39, 0.29) is 16.5 Å². The van der Waals surface area contributed by atoms with Crippen LogP contribution in [-0.2, 0) is 16.4 Å². The molecule has 0 saturated carbocycles. The molecule has 2 heterocycles. The lowest BCUT2D eigenvalue weighted by Gasteiger charge is -2.15. The van der Waals surface area contributed by atoms with E-state index in [4.69, 9.17) is 5.14 Å². The number of nitrogens with two attached hydrogens (primary N) is 1. The van der Waals surface area contributed by atoms with Crippen molar-refractivity contribution >= 4 is 15.9 Å². The molecule has 1 aromatic heterocycles. The maximum absolute atomic E-state index is 12.5. The van der Waals surface area contributed by atoms with Gasteiger partial charge in [-0.25, -0.2) is 13.6 Å². The van der Waals surface area contributed by atoms with Gasteiger partial charge in [0.25, 0.3) is 5.91 Å². The highest BCUT2D eigenvalue weighted by Crippen LogP contribution is 2.26. The van der Waals surface area contributed by atoms with Crippen LogP contribution >= 0.6 is 0 Å². The molecule has 0 aromatic carbocycles. The van der Waals surface area contributed by atoms with Gasteiger partial charge in [-0.2, -0.15) is 5.10 Å². The predicted molar refractivity (Wildman–Crippen MR) is 73.6 cm³/mol. The van der Waals surface area contributed by atoms with Gasteiger partial charge in [0.2, 0.25) is 10.0 Å². The van der Waals surface area contributed by atoms with E-state index in [1.54, 1.807) is 11.8 Å². The van der Waals surface area contributed by atoms with Gasteiger partial charge in [0.1, 0.15) is 4.90 Å². The number of aromatic nitrogens is 2. The molecule has 3 N–H and O–H groups in total. The molecule has 2 atom stereocenters. The Hall–Kier alpha value is -1.41. The molecule has 2 rings (SSSR count). The second-order valence-electron chi connectivity index (χ2n) is 5.44. The van der Waals surface area contributed by atoms with Crippen LogP contribution in [-0.4, -0.2) is 42.5 Å². The quantitative estimate of drug-likeness (QED) is 0.839. The number of amides is 1. The first-order valence-electron chi connectivity index (χ1n) is 6.65. The number of primary sulfonamides is 1. The summed E-state index contributed by atoms with van der Waals surface area (Å²) in [7, 11) is -3.98. The Kier molecular flexibility index (Phi) is 3.88. The topological polar surface area (TPSA) is 109 Å². The fourth-order valence-corrected chi connectivity index (χ4v) is 3.44. The van der Waals surface area contributed by atoms with Crippen molar-refractivity contribution in [2.45, 2.75) is 32.1 Å². The molecule has 8 heteroatoms. The minimum Gasteiger partial charge on any atom is -0.337 e. The average Bonchev–Trinajstić information content (AvgIpc) is 2.92. The van der Waals surface area contributed by atoms with Crippen LogP contribution in [0.1, 0.15) is 37.0 Å². The third-order valence-electron chi connectivity index (χ3n) is 3.91. The maximum atomic E-state index is 12.5. The highest BCUT2D eigenvalue weighted by molar-refractivity contribution is 7.89. The summed E-state index contributed by atoms with van der Waals surface area (Å²) in [5.74, 6) is 0.407. The highest BCUT2D eigenvalue weighted by atomic mass is 32.2. The summed E-state index contributed by atoms with van der Waals surface area (Å²) < 4.78 is 23.4. The molecule has 20 heavy (non-hydrogen) atoms. The lowest BCUT2D eigenvalue weighted by molar-refractivity contribution is 0.0775. The molecule has 0 bridgehead atoms. The third-order valence-corrected chi connectivity index (χ3v) is 4.92. The van der Waals surface area contributed by atoms with Crippen LogP contribution in [0.5, 0.6) is 0 Å². The number of carbonyl (C=O) groups is 1. The minimum atomic E-state index is -3.98. The first-order valence-corrected chi connectivity index (χ1v) is 8.19. The van der Waals surface area contributed by atoms with E-state index < -0.39 is 10.0 Å².